The molecule has 0 spiro atoms. The van der Waals surface area contributed by atoms with Gasteiger partial charge in [0.15, 0.2) is 0 Å². The molecule has 0 bridgehead atoms. The SMILES string of the molecule is COCCc1nc2cnc3ccccc3c2n1CCCCNC(=O)O. The molecule has 7 nitrogen and oxygen atoms in total. The number of ether oxygens (including phenoxy) is 1. The molecule has 0 radical (unpaired) electrons. The van der Waals surface area contributed by atoms with Gasteiger partial charge in [-0.05, 0) is 18.9 Å². The minimum Gasteiger partial charge on any atom is -0.465 e. The Balaban J connectivity index is 1.91. The number of carbonyl (C=O) groups is 1. The van der Waals surface area contributed by atoms with Crippen molar-refractivity contribution in [2.24, 2.45) is 0 Å². The molecule has 2 aromatic heterocycles. The highest BCUT2D eigenvalue weighted by atomic mass is 16.5. The maximum atomic E-state index is 10.5. The molecular formula is C18H22N4O3. The molecule has 0 saturated carbocycles. The van der Waals surface area contributed by atoms with E-state index in [1.807, 2.05) is 24.4 Å². The molecule has 0 fully saturated rings. The van der Waals surface area contributed by atoms with E-state index in [2.05, 4.69) is 20.9 Å². The van der Waals surface area contributed by atoms with Crippen LogP contribution in [-0.2, 0) is 17.7 Å². The van der Waals surface area contributed by atoms with E-state index in [0.29, 0.717) is 13.2 Å². The van der Waals surface area contributed by atoms with Gasteiger partial charge in [-0.2, -0.15) is 0 Å². The minimum absolute atomic E-state index is 0.456. The van der Waals surface area contributed by atoms with E-state index in [1.165, 1.54) is 0 Å². The summed E-state index contributed by atoms with van der Waals surface area (Å²) in [7, 11) is 1.68. The summed E-state index contributed by atoms with van der Waals surface area (Å²) in [5.41, 5.74) is 2.92. The van der Waals surface area contributed by atoms with Gasteiger partial charge in [-0.25, -0.2) is 9.78 Å². The average molecular weight is 342 g/mol. The number of pyridine rings is 1. The molecule has 0 aliphatic carbocycles. The van der Waals surface area contributed by atoms with Crippen molar-refractivity contribution in [3.63, 3.8) is 0 Å². The molecule has 0 atom stereocenters. The highest BCUT2D eigenvalue weighted by Crippen LogP contribution is 2.25. The lowest BCUT2D eigenvalue weighted by molar-refractivity contribution is 0.194. The molecule has 1 amide bonds. The molecular weight excluding hydrogens is 320 g/mol. The van der Waals surface area contributed by atoms with Gasteiger partial charge >= 0.3 is 6.09 Å². The number of carboxylic acid groups (broad SMARTS) is 1. The Hall–Kier alpha value is -2.67. The van der Waals surface area contributed by atoms with Crippen LogP contribution in [0, 0.1) is 0 Å². The third-order valence-corrected chi connectivity index (χ3v) is 4.17. The number of para-hydroxylation sites is 1. The van der Waals surface area contributed by atoms with E-state index in [-0.39, 0.29) is 0 Å². The molecule has 2 heterocycles. The molecule has 1 aromatic carbocycles. The van der Waals surface area contributed by atoms with Gasteiger partial charge in [0.05, 0.1) is 23.8 Å². The molecule has 0 unspecified atom stereocenters. The largest absolute Gasteiger partial charge is 0.465 e. The predicted molar refractivity (Wildman–Crippen MR) is 95.9 cm³/mol. The van der Waals surface area contributed by atoms with Gasteiger partial charge in [0.25, 0.3) is 0 Å². The van der Waals surface area contributed by atoms with Crippen molar-refractivity contribution in [2.45, 2.75) is 25.8 Å². The zero-order valence-corrected chi connectivity index (χ0v) is 14.2. The Morgan fingerprint density at radius 1 is 1.28 bits per heavy atom. The number of nitrogens with one attached hydrogen (secondary N) is 1. The number of hydrogen-bond acceptors (Lipinski definition) is 4. The topological polar surface area (TPSA) is 89.3 Å². The lowest BCUT2D eigenvalue weighted by atomic mass is 10.2. The number of benzene rings is 1. The van der Waals surface area contributed by atoms with Gasteiger partial charge in [-0.1, -0.05) is 18.2 Å². The molecule has 0 saturated heterocycles. The number of aromatic nitrogens is 3. The van der Waals surface area contributed by atoms with Gasteiger partial charge in [-0.15, -0.1) is 0 Å². The van der Waals surface area contributed by atoms with Gasteiger partial charge in [0.1, 0.15) is 11.3 Å². The van der Waals surface area contributed by atoms with Crippen molar-refractivity contribution in [3.8, 4) is 0 Å². The Labute approximate surface area is 145 Å². The Morgan fingerprint density at radius 2 is 2.12 bits per heavy atom. The van der Waals surface area contributed by atoms with E-state index < -0.39 is 6.09 Å². The van der Waals surface area contributed by atoms with E-state index in [1.54, 1.807) is 7.11 Å². The van der Waals surface area contributed by atoms with Crippen LogP contribution in [0.1, 0.15) is 18.7 Å². The summed E-state index contributed by atoms with van der Waals surface area (Å²) >= 11 is 0. The third kappa shape index (κ3) is 3.88. The fourth-order valence-corrected chi connectivity index (χ4v) is 3.03. The second-order valence-electron chi connectivity index (χ2n) is 5.87. The Bertz CT molecular complexity index is 875. The fourth-order valence-electron chi connectivity index (χ4n) is 3.03. The first-order chi connectivity index (χ1) is 12.2. The quantitative estimate of drug-likeness (QED) is 0.615. The van der Waals surface area contributed by atoms with E-state index >= 15 is 0 Å². The zero-order valence-electron chi connectivity index (χ0n) is 14.2. The van der Waals surface area contributed by atoms with Crippen molar-refractivity contribution in [1.29, 1.82) is 0 Å². The van der Waals surface area contributed by atoms with Crippen LogP contribution >= 0.6 is 0 Å². The lowest BCUT2D eigenvalue weighted by Gasteiger charge is -2.10. The van der Waals surface area contributed by atoms with Crippen molar-refractivity contribution in [2.75, 3.05) is 20.3 Å². The first kappa shape index (κ1) is 17.2. The minimum atomic E-state index is -0.981. The zero-order chi connectivity index (χ0) is 17.6. The number of unbranched alkanes of at least 4 members (excludes halogenated alkanes) is 1. The standard InChI is InChI=1S/C18H22N4O3/c1-25-11-8-16-21-15-12-20-14-7-3-2-6-13(14)17(15)22(16)10-5-4-9-19-18(23)24/h2-3,6-7,12,19H,4-5,8-11H2,1H3,(H,23,24). The van der Waals surface area contributed by atoms with Crippen LogP contribution in [-0.4, -0.2) is 46.0 Å². The van der Waals surface area contributed by atoms with Crippen molar-refractivity contribution < 1.29 is 14.6 Å². The van der Waals surface area contributed by atoms with E-state index in [4.69, 9.17) is 14.8 Å². The lowest BCUT2D eigenvalue weighted by Crippen LogP contribution is -2.22. The average Bonchev–Trinajstić information content (AvgIpc) is 2.97. The van der Waals surface area contributed by atoms with Crippen molar-refractivity contribution >= 4 is 28.0 Å². The summed E-state index contributed by atoms with van der Waals surface area (Å²) in [6.07, 6.45) is 3.20. The Morgan fingerprint density at radius 3 is 2.92 bits per heavy atom. The molecule has 2 N–H and O–H groups in total. The number of nitrogens with zero attached hydrogens (tertiary/aromatic N) is 3. The summed E-state index contributed by atoms with van der Waals surface area (Å²) in [6.45, 7) is 1.85. The molecule has 25 heavy (non-hydrogen) atoms. The molecule has 0 aliphatic rings. The maximum Gasteiger partial charge on any atom is 0.404 e. The first-order valence-electron chi connectivity index (χ1n) is 8.39. The van der Waals surface area contributed by atoms with Gasteiger partial charge in [0.2, 0.25) is 0 Å². The second-order valence-corrected chi connectivity index (χ2v) is 5.87. The number of fused-ring (bicyclic) bond motifs is 3. The van der Waals surface area contributed by atoms with Gasteiger partial charge < -0.3 is 19.7 Å². The number of rotatable bonds is 8. The molecule has 3 rings (SSSR count). The number of aryl methyl sites for hydroxylation is 1. The number of hydrogen-bond donors (Lipinski definition) is 2. The fraction of sp³-hybridized carbons (Fsp3) is 0.389. The van der Waals surface area contributed by atoms with Crippen LogP contribution in [0.4, 0.5) is 4.79 Å². The maximum absolute atomic E-state index is 10.5. The third-order valence-electron chi connectivity index (χ3n) is 4.17. The van der Waals surface area contributed by atoms with E-state index in [9.17, 15) is 4.79 Å². The highest BCUT2D eigenvalue weighted by molar-refractivity contribution is 6.02. The monoisotopic (exact) mass is 342 g/mol. The summed E-state index contributed by atoms with van der Waals surface area (Å²) in [5.74, 6) is 0.973. The highest BCUT2D eigenvalue weighted by Gasteiger charge is 2.14. The van der Waals surface area contributed by atoms with Crippen LogP contribution in [0.15, 0.2) is 30.5 Å². The van der Waals surface area contributed by atoms with Crippen LogP contribution in [0.2, 0.25) is 0 Å². The van der Waals surface area contributed by atoms with Gasteiger partial charge in [-0.3, -0.25) is 4.98 Å². The summed E-state index contributed by atoms with van der Waals surface area (Å²) in [5, 5.41) is 12.1. The van der Waals surface area contributed by atoms with Gasteiger partial charge in [0, 0.05) is 32.0 Å². The number of amides is 1. The van der Waals surface area contributed by atoms with Crippen LogP contribution in [0.25, 0.3) is 21.9 Å². The van der Waals surface area contributed by atoms with Crippen molar-refractivity contribution in [1.82, 2.24) is 19.9 Å². The van der Waals surface area contributed by atoms with Crippen molar-refractivity contribution in [3.05, 3.63) is 36.3 Å². The van der Waals surface area contributed by atoms with Crippen LogP contribution in [0.3, 0.4) is 0 Å². The smallest absolute Gasteiger partial charge is 0.404 e. The first-order valence-corrected chi connectivity index (χ1v) is 8.39. The molecule has 3 aromatic rings. The normalized spacial score (nSPS) is 11.2. The van der Waals surface area contributed by atoms with Crippen LogP contribution < -0.4 is 5.32 Å². The number of methoxy groups -OCH3 is 1. The summed E-state index contributed by atoms with van der Waals surface area (Å²) in [4.78, 5) is 19.8. The molecule has 0 aliphatic heterocycles. The van der Waals surface area contributed by atoms with E-state index in [0.717, 1.165) is 53.6 Å². The number of imidazole rings is 1. The Kier molecular flexibility index (Phi) is 5.45. The molecule has 7 heteroatoms. The van der Waals surface area contributed by atoms with Crippen LogP contribution in [0.5, 0.6) is 0 Å². The summed E-state index contributed by atoms with van der Waals surface area (Å²) in [6, 6.07) is 8.05. The predicted octanol–water partition coefficient (Wildman–Crippen LogP) is 2.82. The second kappa shape index (κ2) is 7.94. The summed E-state index contributed by atoms with van der Waals surface area (Å²) < 4.78 is 7.43. The molecule has 132 valence electrons.